The molecule has 0 heterocycles. The van der Waals surface area contributed by atoms with Crippen LogP contribution >= 0.6 is 0 Å². The van der Waals surface area contributed by atoms with Crippen molar-refractivity contribution in [1.82, 2.24) is 4.72 Å². The van der Waals surface area contributed by atoms with Crippen molar-refractivity contribution in [2.24, 2.45) is 69.0 Å². The Morgan fingerprint density at radius 2 is 1.64 bits per heavy atom. The van der Waals surface area contributed by atoms with Gasteiger partial charge in [0.25, 0.3) is 11.3 Å². The summed E-state index contributed by atoms with van der Waals surface area (Å²) in [6.45, 7) is 15.9. The Morgan fingerprint density at radius 1 is 0.915 bits per heavy atom. The van der Waals surface area contributed by atoms with Gasteiger partial charge in [-0.15, -0.1) is 0 Å². The summed E-state index contributed by atoms with van der Waals surface area (Å²) in [6, 6.07) is 0. The third-order valence-corrected chi connectivity index (χ3v) is 17.0. The summed E-state index contributed by atoms with van der Waals surface area (Å²) in [6.07, 6.45) is 15.3. The van der Waals surface area contributed by atoms with Crippen molar-refractivity contribution in [2.75, 3.05) is 6.61 Å². The summed E-state index contributed by atoms with van der Waals surface area (Å²) in [4.78, 5) is 38.2. The van der Waals surface area contributed by atoms with Gasteiger partial charge in [0.2, 0.25) is 5.91 Å². The van der Waals surface area contributed by atoms with Crippen molar-refractivity contribution in [3.8, 4) is 0 Å². The summed E-state index contributed by atoms with van der Waals surface area (Å²) in [5, 5.41) is 0. The molecule has 0 aromatic rings. The molecule has 6 aliphatic carbocycles. The number of ether oxygens (including phenoxy) is 1. The average Bonchev–Trinajstić information content (AvgIpc) is 3.58. The van der Waals surface area contributed by atoms with Gasteiger partial charge in [-0.05, 0) is 141 Å². The maximum atomic E-state index is 12.9. The minimum Gasteiger partial charge on any atom is -0.462 e. The van der Waals surface area contributed by atoms with E-state index in [0.717, 1.165) is 56.3 Å². The fraction of sp³-hybridized carbons (Fsp3) is 0.923. The molecule has 0 radical (unpaired) electrons. The maximum absolute atomic E-state index is 12.9. The van der Waals surface area contributed by atoms with Crippen molar-refractivity contribution < 1.29 is 27.5 Å². The topological polar surface area (TPSA) is 98.8 Å². The van der Waals surface area contributed by atoms with Gasteiger partial charge < -0.3 is 4.74 Å². The van der Waals surface area contributed by atoms with Gasteiger partial charge >= 0.3 is 5.97 Å². The molecule has 0 saturated heterocycles. The van der Waals surface area contributed by atoms with Crippen LogP contribution in [-0.2, 0) is 34.6 Å². The monoisotopic (exact) mass is 673 g/mol. The summed E-state index contributed by atoms with van der Waals surface area (Å²) >= 11 is -1.93. The highest BCUT2D eigenvalue weighted by Gasteiger charge is 2.64. The third-order valence-electron chi connectivity index (χ3n) is 16.3. The molecular formula is C39H63NO6S. The van der Waals surface area contributed by atoms with Crippen LogP contribution in [0.25, 0.3) is 0 Å². The Labute approximate surface area is 287 Å². The molecule has 6 saturated carbocycles. The number of esters is 1. The smallest absolute Gasteiger partial charge is 0.308 e. The van der Waals surface area contributed by atoms with Crippen molar-refractivity contribution >= 4 is 28.9 Å². The second kappa shape index (κ2) is 13.1. The summed E-state index contributed by atoms with van der Waals surface area (Å²) in [7, 11) is 0. The minimum absolute atomic E-state index is 0.0119. The van der Waals surface area contributed by atoms with Gasteiger partial charge in [-0.1, -0.05) is 48.5 Å². The Hall–Kier alpha value is -1.28. The van der Waals surface area contributed by atoms with E-state index < -0.39 is 16.7 Å². The average molecular weight is 674 g/mol. The number of rotatable bonds is 11. The van der Waals surface area contributed by atoms with E-state index in [0.29, 0.717) is 47.3 Å². The molecule has 7 nitrogen and oxygen atoms in total. The number of amides is 1. The zero-order chi connectivity index (χ0) is 33.9. The molecule has 6 fully saturated rings. The van der Waals surface area contributed by atoms with Crippen LogP contribution in [0.2, 0.25) is 0 Å². The molecule has 6 aliphatic rings. The lowest BCUT2D eigenvalue weighted by Gasteiger charge is -2.61. The van der Waals surface area contributed by atoms with Crippen LogP contribution in [0, 0.1) is 69.0 Å². The first kappa shape index (κ1) is 35.5. The number of nitrogens with one attached hydrogen (secondary N) is 1. The number of ketones is 1. The van der Waals surface area contributed by atoms with E-state index in [4.69, 9.17) is 8.92 Å². The molecule has 1 amide bonds. The molecule has 13 atom stereocenters. The predicted octanol–water partition coefficient (Wildman–Crippen LogP) is 8.13. The fourth-order valence-electron chi connectivity index (χ4n) is 12.7. The van der Waals surface area contributed by atoms with Crippen LogP contribution in [-0.4, -0.2) is 34.6 Å². The van der Waals surface area contributed by atoms with Gasteiger partial charge in [-0.3, -0.25) is 23.3 Å². The van der Waals surface area contributed by atoms with Crippen LogP contribution < -0.4 is 4.72 Å². The normalized spacial score (nSPS) is 43.7. The molecule has 0 aromatic carbocycles. The molecule has 0 spiro atoms. The van der Waals surface area contributed by atoms with Gasteiger partial charge in [0, 0.05) is 12.8 Å². The number of hydrogen-bond donors (Lipinski definition) is 1. The first-order valence-electron chi connectivity index (χ1n) is 19.2. The summed E-state index contributed by atoms with van der Waals surface area (Å²) < 4.78 is 27.0. The van der Waals surface area contributed by atoms with Crippen LogP contribution in [0.4, 0.5) is 0 Å². The number of Topliss-reactive ketones (excluding diaryl/α,β-unsaturated/α-hetero) is 1. The first-order chi connectivity index (χ1) is 22.2. The van der Waals surface area contributed by atoms with E-state index in [9.17, 15) is 18.6 Å². The van der Waals surface area contributed by atoms with Crippen molar-refractivity contribution in [1.29, 1.82) is 0 Å². The first-order valence-corrected chi connectivity index (χ1v) is 20.3. The Morgan fingerprint density at radius 3 is 2.32 bits per heavy atom. The third kappa shape index (κ3) is 5.99. The number of carbonyl (C=O) groups is 3. The van der Waals surface area contributed by atoms with Crippen LogP contribution in [0.1, 0.15) is 145 Å². The lowest BCUT2D eigenvalue weighted by atomic mass is 9.44. The second-order valence-electron chi connectivity index (χ2n) is 18.2. The quantitative estimate of drug-likeness (QED) is 0.223. The number of fused-ring (bicyclic) bond motifs is 7. The van der Waals surface area contributed by atoms with E-state index in [1.54, 1.807) is 0 Å². The molecule has 0 aliphatic heterocycles. The van der Waals surface area contributed by atoms with Crippen molar-refractivity contribution in [3.05, 3.63) is 0 Å². The van der Waals surface area contributed by atoms with Gasteiger partial charge in [-0.2, -0.15) is 0 Å². The Balaban J connectivity index is 0.990. The van der Waals surface area contributed by atoms with Crippen molar-refractivity contribution in [3.63, 3.8) is 0 Å². The fourth-order valence-corrected chi connectivity index (χ4v) is 13.4. The Bertz CT molecular complexity index is 1250. The molecular weight excluding hydrogens is 610 g/mol. The summed E-state index contributed by atoms with van der Waals surface area (Å²) in [5.74, 6) is 4.32. The highest BCUT2D eigenvalue weighted by molar-refractivity contribution is 7.78. The lowest BCUT2D eigenvalue weighted by molar-refractivity contribution is -0.166. The summed E-state index contributed by atoms with van der Waals surface area (Å²) in [5.41, 5.74) is -0.0583. The molecule has 6 rings (SSSR count). The predicted molar refractivity (Wildman–Crippen MR) is 184 cm³/mol. The van der Waals surface area contributed by atoms with Crippen LogP contribution in [0.3, 0.4) is 0 Å². The van der Waals surface area contributed by atoms with Gasteiger partial charge in [-0.25, -0.2) is 4.21 Å². The van der Waals surface area contributed by atoms with E-state index in [2.05, 4.69) is 46.3 Å². The molecule has 11 unspecified atom stereocenters. The van der Waals surface area contributed by atoms with E-state index in [-0.39, 0.29) is 41.7 Å². The molecule has 2 bridgehead atoms. The minimum atomic E-state index is -1.93. The molecule has 1 N–H and O–H groups in total. The molecule has 266 valence electrons. The highest BCUT2D eigenvalue weighted by atomic mass is 32.2. The molecule has 8 heteroatoms. The zero-order valence-electron chi connectivity index (χ0n) is 30.4. The molecule has 47 heavy (non-hydrogen) atoms. The second-order valence-corrected chi connectivity index (χ2v) is 19.1. The van der Waals surface area contributed by atoms with Gasteiger partial charge in [0.1, 0.15) is 11.9 Å². The SMILES string of the molecule is CCC(C)C(=O)OC1CC[C@@]2(C)C(CCC3C4CCC(C(C)CCC(=O)NS(=O)OCC56CCC(CC5=O)C6(C)C)[C@@]4(C)CCC32)C1. The number of carbonyl (C=O) groups excluding carboxylic acids is 3. The van der Waals surface area contributed by atoms with E-state index in [1.165, 1.54) is 44.9 Å². The lowest BCUT2D eigenvalue weighted by Crippen LogP contribution is -2.54. The van der Waals surface area contributed by atoms with Crippen molar-refractivity contribution in [2.45, 2.75) is 151 Å². The highest BCUT2D eigenvalue weighted by Crippen LogP contribution is 2.68. The van der Waals surface area contributed by atoms with E-state index >= 15 is 0 Å². The largest absolute Gasteiger partial charge is 0.462 e. The number of hydrogen-bond acceptors (Lipinski definition) is 6. The van der Waals surface area contributed by atoms with Crippen LogP contribution in [0.15, 0.2) is 0 Å². The van der Waals surface area contributed by atoms with Gasteiger partial charge in [0.15, 0.2) is 0 Å². The Kier molecular flexibility index (Phi) is 9.92. The van der Waals surface area contributed by atoms with Gasteiger partial charge in [0.05, 0.1) is 17.9 Å². The standard InChI is InChI=1S/C39H63NO6S/c1-8-24(2)35(43)46-28-16-18-37(6)27(21-28)10-11-29-31-13-12-30(38(31,7)19-17-32(29)37)25(3)9-14-34(42)40-47(44)45-23-39-20-15-26(22-33(39)41)36(39,4)5/h24-32H,8-23H2,1-7H3,(H,40,42)/t24?,25?,26?,27?,28?,29?,30?,31?,32?,37-,38+,39?,47?/m0/s1. The zero-order valence-corrected chi connectivity index (χ0v) is 31.2. The van der Waals surface area contributed by atoms with E-state index in [1.807, 2.05) is 6.92 Å². The maximum Gasteiger partial charge on any atom is 0.308 e. The molecule has 0 aromatic heterocycles. The van der Waals surface area contributed by atoms with Crippen LogP contribution in [0.5, 0.6) is 0 Å².